The van der Waals surface area contributed by atoms with Crippen LogP contribution in [0.4, 0.5) is 0 Å². The lowest BCUT2D eigenvalue weighted by Gasteiger charge is -2.30. The standard InChI is InChI=1S/C23H27NO2.CH4O3S/c1-24(13-11-17-9-10-18-12-14-26-23(18)15-17)16-19-5-3-7-21-20(19)6-4-8-22(21)25-2;1-5(2,3)4/h4,6,8-10,12,14-15,19H,3,5,7,11,13,16H2,1-2H3;1H3,(H,2,3,4)/t19-;/m0./s1. The molecule has 3 aromatic rings. The minimum absolute atomic E-state index is 0.603. The molecule has 2 aromatic carbocycles. The summed E-state index contributed by atoms with van der Waals surface area (Å²) in [6, 6.07) is 15.1. The second-order valence-electron chi connectivity index (χ2n) is 8.16. The summed E-state index contributed by atoms with van der Waals surface area (Å²) in [6.45, 7) is 2.16. The Bertz CT molecular complexity index is 1100. The molecule has 1 aromatic heterocycles. The monoisotopic (exact) mass is 445 g/mol. The maximum atomic E-state index is 9.19. The van der Waals surface area contributed by atoms with Crippen LogP contribution < -0.4 is 4.74 Å². The molecule has 4 rings (SSSR count). The summed E-state index contributed by atoms with van der Waals surface area (Å²) in [5.41, 5.74) is 5.23. The van der Waals surface area contributed by atoms with E-state index in [2.05, 4.69) is 48.3 Å². The van der Waals surface area contributed by atoms with Crippen molar-refractivity contribution in [2.24, 2.45) is 0 Å². The summed E-state index contributed by atoms with van der Waals surface area (Å²) in [6.07, 6.45) is 7.18. The Kier molecular flexibility index (Phi) is 7.75. The number of benzene rings is 2. The molecule has 0 amide bonds. The minimum Gasteiger partial charge on any atom is -0.496 e. The highest BCUT2D eigenvalue weighted by Crippen LogP contribution is 2.36. The first kappa shape index (κ1) is 23.3. The molecule has 1 N–H and O–H groups in total. The van der Waals surface area contributed by atoms with E-state index in [0.717, 1.165) is 37.3 Å². The van der Waals surface area contributed by atoms with Crippen molar-refractivity contribution in [1.82, 2.24) is 4.90 Å². The van der Waals surface area contributed by atoms with Gasteiger partial charge < -0.3 is 14.1 Å². The highest BCUT2D eigenvalue weighted by molar-refractivity contribution is 7.85. The van der Waals surface area contributed by atoms with E-state index in [0.29, 0.717) is 12.2 Å². The Hall–Kier alpha value is -2.35. The topological polar surface area (TPSA) is 80.0 Å². The van der Waals surface area contributed by atoms with Gasteiger partial charge in [-0.15, -0.1) is 0 Å². The van der Waals surface area contributed by atoms with Crippen molar-refractivity contribution in [2.75, 3.05) is 33.5 Å². The smallest absolute Gasteiger partial charge is 0.261 e. The van der Waals surface area contributed by atoms with Crippen molar-refractivity contribution < 1.29 is 22.1 Å². The summed E-state index contributed by atoms with van der Waals surface area (Å²) in [5.74, 6) is 1.66. The molecule has 0 fully saturated rings. The first-order chi connectivity index (χ1) is 14.7. The molecule has 1 aliphatic rings. The minimum atomic E-state index is -3.67. The van der Waals surface area contributed by atoms with E-state index < -0.39 is 10.1 Å². The van der Waals surface area contributed by atoms with Gasteiger partial charge in [-0.05, 0) is 73.5 Å². The zero-order valence-electron chi connectivity index (χ0n) is 18.4. The van der Waals surface area contributed by atoms with Crippen molar-refractivity contribution in [3.8, 4) is 5.75 Å². The van der Waals surface area contributed by atoms with Gasteiger partial charge in [0, 0.05) is 18.5 Å². The van der Waals surface area contributed by atoms with E-state index in [-0.39, 0.29) is 0 Å². The highest BCUT2D eigenvalue weighted by Gasteiger charge is 2.23. The van der Waals surface area contributed by atoms with Gasteiger partial charge in [-0.25, -0.2) is 0 Å². The van der Waals surface area contributed by atoms with Gasteiger partial charge in [0.25, 0.3) is 10.1 Å². The SMILES string of the molecule is COc1cccc2c1CCC[C@H]2CN(C)CCc1ccc2ccoc2c1.CS(=O)(=O)O. The fraction of sp³-hybridized carbons (Fsp3) is 0.417. The third-order valence-corrected chi connectivity index (χ3v) is 5.64. The van der Waals surface area contributed by atoms with E-state index in [1.54, 1.807) is 13.4 Å². The lowest BCUT2D eigenvalue weighted by atomic mass is 9.82. The number of likely N-dealkylation sites (N-methyl/N-ethyl adjacent to an activating group) is 1. The molecule has 0 aliphatic heterocycles. The van der Waals surface area contributed by atoms with Gasteiger partial charge in [0.2, 0.25) is 0 Å². The summed E-state index contributed by atoms with van der Waals surface area (Å²) in [4.78, 5) is 2.46. The average molecular weight is 446 g/mol. The van der Waals surface area contributed by atoms with Crippen LogP contribution in [0.1, 0.15) is 35.4 Å². The molecule has 0 spiro atoms. The van der Waals surface area contributed by atoms with Crippen molar-refractivity contribution in [3.05, 3.63) is 65.4 Å². The molecule has 1 aliphatic carbocycles. The van der Waals surface area contributed by atoms with Crippen LogP contribution >= 0.6 is 0 Å². The molecule has 1 atom stereocenters. The zero-order valence-corrected chi connectivity index (χ0v) is 19.2. The van der Waals surface area contributed by atoms with E-state index in [9.17, 15) is 8.42 Å². The largest absolute Gasteiger partial charge is 0.496 e. The molecule has 7 heteroatoms. The van der Waals surface area contributed by atoms with Gasteiger partial charge in [0.05, 0.1) is 19.6 Å². The van der Waals surface area contributed by atoms with Gasteiger partial charge >= 0.3 is 0 Å². The number of rotatable bonds is 6. The Morgan fingerprint density at radius 3 is 2.74 bits per heavy atom. The summed E-state index contributed by atoms with van der Waals surface area (Å²) in [5, 5.41) is 1.18. The maximum absolute atomic E-state index is 9.19. The number of nitrogens with zero attached hydrogens (tertiary/aromatic N) is 1. The number of ether oxygens (including phenoxy) is 1. The van der Waals surface area contributed by atoms with E-state index in [1.807, 2.05) is 6.07 Å². The Morgan fingerprint density at radius 2 is 2.00 bits per heavy atom. The molecule has 0 saturated carbocycles. The summed E-state index contributed by atoms with van der Waals surface area (Å²) < 4.78 is 37.0. The molecule has 31 heavy (non-hydrogen) atoms. The lowest BCUT2D eigenvalue weighted by molar-refractivity contribution is 0.299. The molecule has 1 heterocycles. The van der Waals surface area contributed by atoms with Crippen LogP contribution in [0.5, 0.6) is 5.75 Å². The summed E-state index contributed by atoms with van der Waals surface area (Å²) in [7, 11) is 0.348. The van der Waals surface area contributed by atoms with Crippen molar-refractivity contribution in [3.63, 3.8) is 0 Å². The quantitative estimate of drug-likeness (QED) is 0.561. The third kappa shape index (κ3) is 6.82. The summed E-state index contributed by atoms with van der Waals surface area (Å²) >= 11 is 0. The second-order valence-corrected chi connectivity index (χ2v) is 9.62. The first-order valence-electron chi connectivity index (χ1n) is 10.5. The Morgan fingerprint density at radius 1 is 1.23 bits per heavy atom. The van der Waals surface area contributed by atoms with Gasteiger partial charge in [-0.1, -0.05) is 24.3 Å². The number of hydrogen-bond acceptors (Lipinski definition) is 5. The molecule has 0 unspecified atom stereocenters. The fourth-order valence-corrected chi connectivity index (χ4v) is 4.24. The van der Waals surface area contributed by atoms with Crippen LogP contribution in [0.25, 0.3) is 11.0 Å². The maximum Gasteiger partial charge on any atom is 0.261 e. The predicted octanol–water partition coefficient (Wildman–Crippen LogP) is 4.54. The normalized spacial score (nSPS) is 16.0. The van der Waals surface area contributed by atoms with Gasteiger partial charge in [-0.2, -0.15) is 8.42 Å². The van der Waals surface area contributed by atoms with Crippen molar-refractivity contribution in [1.29, 1.82) is 0 Å². The molecule has 0 saturated heterocycles. The van der Waals surface area contributed by atoms with Crippen LogP contribution in [0, 0.1) is 0 Å². The van der Waals surface area contributed by atoms with Crippen molar-refractivity contribution in [2.45, 2.75) is 31.6 Å². The lowest BCUT2D eigenvalue weighted by Crippen LogP contribution is -2.28. The third-order valence-electron chi connectivity index (χ3n) is 5.64. The molecular formula is C24H31NO5S. The van der Waals surface area contributed by atoms with E-state index >= 15 is 0 Å². The zero-order chi connectivity index (χ0) is 22.4. The number of hydrogen-bond donors (Lipinski definition) is 1. The number of methoxy groups -OCH3 is 1. The molecule has 6 nitrogen and oxygen atoms in total. The second kappa shape index (κ2) is 10.3. The average Bonchev–Trinajstić information content (AvgIpc) is 3.19. The van der Waals surface area contributed by atoms with Gasteiger partial charge in [0.1, 0.15) is 11.3 Å². The molecule has 0 bridgehead atoms. The first-order valence-corrected chi connectivity index (χ1v) is 12.3. The highest BCUT2D eigenvalue weighted by atomic mass is 32.2. The van der Waals surface area contributed by atoms with Crippen LogP contribution in [-0.2, 0) is 23.0 Å². The van der Waals surface area contributed by atoms with Crippen LogP contribution in [-0.4, -0.2) is 51.4 Å². The molecular weight excluding hydrogens is 414 g/mol. The fourth-order valence-electron chi connectivity index (χ4n) is 4.24. The van der Waals surface area contributed by atoms with Crippen LogP contribution in [0.15, 0.2) is 53.1 Å². The van der Waals surface area contributed by atoms with Crippen LogP contribution in [0.2, 0.25) is 0 Å². The molecule has 0 radical (unpaired) electrons. The number of furan rings is 1. The van der Waals surface area contributed by atoms with E-state index in [1.165, 1.54) is 34.9 Å². The van der Waals surface area contributed by atoms with Gasteiger partial charge in [0.15, 0.2) is 0 Å². The van der Waals surface area contributed by atoms with E-state index in [4.69, 9.17) is 13.7 Å². The predicted molar refractivity (Wildman–Crippen MR) is 124 cm³/mol. The van der Waals surface area contributed by atoms with Crippen LogP contribution in [0.3, 0.4) is 0 Å². The Labute approximate surface area is 184 Å². The number of fused-ring (bicyclic) bond motifs is 2. The van der Waals surface area contributed by atoms with Gasteiger partial charge in [-0.3, -0.25) is 4.55 Å². The molecule has 168 valence electrons. The Balaban J connectivity index is 0.000000491. The van der Waals surface area contributed by atoms with Crippen molar-refractivity contribution >= 4 is 21.1 Å².